The first-order valence-corrected chi connectivity index (χ1v) is 12.1. The minimum absolute atomic E-state index is 0.346. The average Bonchev–Trinajstić information content (AvgIpc) is 2.91. The first-order valence-electron chi connectivity index (χ1n) is 12.1. The molecule has 198 valence electrons. The molecule has 0 N–H and O–H groups in total. The lowest BCUT2D eigenvalue weighted by atomic mass is 10.0. The molecule has 0 radical (unpaired) electrons. The number of fused-ring (bicyclic) bond motifs is 1. The van der Waals surface area contributed by atoms with Crippen LogP contribution in [0.25, 0.3) is 22.0 Å². The Morgan fingerprint density at radius 1 is 0.974 bits per heavy atom. The van der Waals surface area contributed by atoms with Crippen molar-refractivity contribution in [3.63, 3.8) is 0 Å². The Bertz CT molecular complexity index is 1420. The van der Waals surface area contributed by atoms with E-state index in [9.17, 15) is 18.0 Å². The topological polar surface area (TPSA) is 57.7 Å². The zero-order valence-corrected chi connectivity index (χ0v) is 21.3. The number of benzene rings is 3. The van der Waals surface area contributed by atoms with E-state index in [1.54, 1.807) is 6.07 Å². The molecule has 0 aliphatic carbocycles. The highest BCUT2D eigenvalue weighted by molar-refractivity contribution is 5.89. The van der Waals surface area contributed by atoms with Gasteiger partial charge >= 0.3 is 12.1 Å². The van der Waals surface area contributed by atoms with Crippen LogP contribution in [0.1, 0.15) is 22.4 Å². The number of pyridine rings is 1. The fourth-order valence-electron chi connectivity index (χ4n) is 4.30. The number of methoxy groups -OCH3 is 2. The van der Waals surface area contributed by atoms with Crippen molar-refractivity contribution in [1.29, 1.82) is 0 Å². The van der Waals surface area contributed by atoms with Crippen LogP contribution in [0.15, 0.2) is 72.8 Å². The first kappa shape index (κ1) is 27.1. The SMILES string of the molecule is COC(=O)C(Cc1cc(OCCc2ccc(-c3ccc(C(F)(F)F)cc3)nc2C)c2ccccc2c1)OC. The van der Waals surface area contributed by atoms with Gasteiger partial charge in [0.1, 0.15) is 5.75 Å². The number of carbonyl (C=O) groups excluding carboxylic acids is 1. The van der Waals surface area contributed by atoms with Crippen LogP contribution in [-0.2, 0) is 33.3 Å². The molecular weight excluding hydrogens is 495 g/mol. The third-order valence-electron chi connectivity index (χ3n) is 6.39. The maximum absolute atomic E-state index is 12.9. The van der Waals surface area contributed by atoms with Crippen molar-refractivity contribution in [2.24, 2.45) is 0 Å². The lowest BCUT2D eigenvalue weighted by Gasteiger charge is -2.16. The molecule has 0 aliphatic rings. The van der Waals surface area contributed by atoms with Crippen molar-refractivity contribution >= 4 is 16.7 Å². The summed E-state index contributed by atoms with van der Waals surface area (Å²) in [4.78, 5) is 16.6. The number of aryl methyl sites for hydroxylation is 1. The van der Waals surface area contributed by atoms with Gasteiger partial charge in [-0.15, -0.1) is 0 Å². The molecule has 4 rings (SSSR count). The van der Waals surface area contributed by atoms with Gasteiger partial charge in [0, 0.05) is 36.6 Å². The van der Waals surface area contributed by atoms with E-state index in [0.29, 0.717) is 36.5 Å². The standard InChI is InChI=1S/C30H28F3NO4/c1-19-21(10-13-26(34-19)22-8-11-24(12-9-22)30(31,32)33)14-15-38-27-17-20(18-28(36-2)29(35)37-3)16-23-6-4-5-7-25(23)27/h4-13,16-17,28H,14-15,18H2,1-3H3. The minimum Gasteiger partial charge on any atom is -0.493 e. The first-order chi connectivity index (χ1) is 18.2. The van der Waals surface area contributed by atoms with Crippen LogP contribution in [0.3, 0.4) is 0 Å². The van der Waals surface area contributed by atoms with Crippen LogP contribution in [0.5, 0.6) is 5.75 Å². The molecule has 0 amide bonds. The number of ether oxygens (including phenoxy) is 3. The lowest BCUT2D eigenvalue weighted by molar-refractivity contribution is -0.152. The summed E-state index contributed by atoms with van der Waals surface area (Å²) in [6.45, 7) is 2.26. The fourth-order valence-corrected chi connectivity index (χ4v) is 4.30. The van der Waals surface area contributed by atoms with E-state index in [0.717, 1.165) is 39.7 Å². The van der Waals surface area contributed by atoms with Crippen LogP contribution in [0.2, 0.25) is 0 Å². The van der Waals surface area contributed by atoms with Crippen molar-refractivity contribution in [3.8, 4) is 17.0 Å². The Morgan fingerprint density at radius 2 is 1.71 bits per heavy atom. The van der Waals surface area contributed by atoms with Gasteiger partial charge in [-0.1, -0.05) is 48.5 Å². The van der Waals surface area contributed by atoms with E-state index in [-0.39, 0.29) is 0 Å². The molecule has 38 heavy (non-hydrogen) atoms. The van der Waals surface area contributed by atoms with E-state index in [4.69, 9.17) is 14.2 Å². The number of esters is 1. The molecule has 5 nitrogen and oxygen atoms in total. The van der Waals surface area contributed by atoms with Crippen molar-refractivity contribution < 1.29 is 32.2 Å². The smallest absolute Gasteiger partial charge is 0.416 e. The van der Waals surface area contributed by atoms with Gasteiger partial charge in [-0.05, 0) is 47.7 Å². The molecule has 4 aromatic rings. The van der Waals surface area contributed by atoms with E-state index in [1.165, 1.54) is 26.4 Å². The third kappa shape index (κ3) is 6.31. The normalized spacial score (nSPS) is 12.4. The summed E-state index contributed by atoms with van der Waals surface area (Å²) in [6, 6.07) is 20.5. The number of hydrogen-bond acceptors (Lipinski definition) is 5. The highest BCUT2D eigenvalue weighted by Gasteiger charge is 2.30. The number of aromatic nitrogens is 1. The largest absolute Gasteiger partial charge is 0.493 e. The zero-order valence-electron chi connectivity index (χ0n) is 21.3. The van der Waals surface area contributed by atoms with Crippen LogP contribution in [0.4, 0.5) is 13.2 Å². The van der Waals surface area contributed by atoms with Gasteiger partial charge < -0.3 is 14.2 Å². The Labute approximate surface area is 219 Å². The Kier molecular flexibility index (Phi) is 8.32. The van der Waals surface area contributed by atoms with Crippen molar-refractivity contribution in [3.05, 3.63) is 95.2 Å². The van der Waals surface area contributed by atoms with Gasteiger partial charge in [0.05, 0.1) is 25.0 Å². The van der Waals surface area contributed by atoms with Crippen molar-refractivity contribution in [1.82, 2.24) is 4.98 Å². The Morgan fingerprint density at radius 3 is 2.37 bits per heavy atom. The molecule has 1 atom stereocenters. The molecule has 0 fully saturated rings. The molecular formula is C30H28F3NO4. The molecule has 0 saturated carbocycles. The summed E-state index contributed by atoms with van der Waals surface area (Å²) in [5, 5.41) is 1.94. The Hall–Kier alpha value is -3.91. The zero-order chi connectivity index (χ0) is 27.3. The predicted octanol–water partition coefficient (Wildman–Crippen LogP) is 6.58. The number of halogens is 3. The quantitative estimate of drug-likeness (QED) is 0.232. The predicted molar refractivity (Wildman–Crippen MR) is 139 cm³/mol. The Balaban J connectivity index is 1.48. The van der Waals surface area contributed by atoms with Crippen LogP contribution >= 0.6 is 0 Å². The summed E-state index contributed by atoms with van der Waals surface area (Å²) in [5.74, 6) is 0.260. The molecule has 1 unspecified atom stereocenters. The number of nitrogens with zero attached hydrogens (tertiary/aromatic N) is 1. The third-order valence-corrected chi connectivity index (χ3v) is 6.39. The second-order valence-electron chi connectivity index (χ2n) is 8.88. The monoisotopic (exact) mass is 523 g/mol. The second-order valence-corrected chi connectivity index (χ2v) is 8.88. The molecule has 1 aromatic heterocycles. The van der Waals surface area contributed by atoms with Crippen LogP contribution in [-0.4, -0.2) is 37.9 Å². The van der Waals surface area contributed by atoms with E-state index < -0.39 is 23.8 Å². The second kappa shape index (κ2) is 11.6. The van der Waals surface area contributed by atoms with Gasteiger partial charge in [-0.25, -0.2) is 4.79 Å². The number of carbonyl (C=O) groups is 1. The molecule has 8 heteroatoms. The van der Waals surface area contributed by atoms with Gasteiger partial charge in [-0.2, -0.15) is 13.2 Å². The average molecular weight is 524 g/mol. The molecule has 3 aromatic carbocycles. The van der Waals surface area contributed by atoms with Crippen LogP contribution < -0.4 is 4.74 Å². The maximum Gasteiger partial charge on any atom is 0.416 e. The summed E-state index contributed by atoms with van der Waals surface area (Å²) >= 11 is 0. The van der Waals surface area contributed by atoms with Gasteiger partial charge in [0.25, 0.3) is 0 Å². The van der Waals surface area contributed by atoms with Crippen molar-refractivity contribution in [2.75, 3.05) is 20.8 Å². The summed E-state index contributed by atoms with van der Waals surface area (Å²) in [6.07, 6.45) is -4.15. The molecule has 0 saturated heterocycles. The minimum atomic E-state index is -4.37. The molecule has 0 bridgehead atoms. The number of alkyl halides is 3. The summed E-state index contributed by atoms with van der Waals surface area (Å²) in [7, 11) is 2.80. The summed E-state index contributed by atoms with van der Waals surface area (Å²) < 4.78 is 54.9. The van der Waals surface area contributed by atoms with Crippen molar-refractivity contribution in [2.45, 2.75) is 32.0 Å². The summed E-state index contributed by atoms with van der Waals surface area (Å²) in [5.41, 5.74) is 3.18. The highest BCUT2D eigenvalue weighted by atomic mass is 19.4. The van der Waals surface area contributed by atoms with E-state index in [2.05, 4.69) is 4.98 Å². The molecule has 1 heterocycles. The fraction of sp³-hybridized carbons (Fsp3) is 0.267. The maximum atomic E-state index is 12.9. The molecule has 0 spiro atoms. The van der Waals surface area contributed by atoms with E-state index in [1.807, 2.05) is 49.4 Å². The van der Waals surface area contributed by atoms with Crippen LogP contribution in [0, 0.1) is 6.92 Å². The lowest BCUT2D eigenvalue weighted by Crippen LogP contribution is -2.26. The number of rotatable bonds is 9. The van der Waals surface area contributed by atoms with Gasteiger partial charge in [0.2, 0.25) is 0 Å². The van der Waals surface area contributed by atoms with Gasteiger partial charge in [-0.3, -0.25) is 4.98 Å². The molecule has 0 aliphatic heterocycles. The highest BCUT2D eigenvalue weighted by Crippen LogP contribution is 2.31. The number of hydrogen-bond donors (Lipinski definition) is 0. The van der Waals surface area contributed by atoms with Gasteiger partial charge in [0.15, 0.2) is 6.10 Å². The van der Waals surface area contributed by atoms with E-state index >= 15 is 0 Å².